The average molecular weight is 480 g/mol. The summed E-state index contributed by atoms with van der Waals surface area (Å²) in [4.78, 5) is 16.7. The molecule has 0 aliphatic carbocycles. The second-order valence-corrected chi connectivity index (χ2v) is 8.53. The topological polar surface area (TPSA) is 115 Å². The number of aryl methyl sites for hydroxylation is 1. The van der Waals surface area contributed by atoms with Crippen molar-refractivity contribution < 1.29 is 4.79 Å². The van der Waals surface area contributed by atoms with Gasteiger partial charge in [0.2, 0.25) is 5.91 Å². The first-order valence-corrected chi connectivity index (χ1v) is 10.8. The van der Waals surface area contributed by atoms with Crippen molar-refractivity contribution in [1.29, 1.82) is 10.5 Å². The number of nitrogens with two attached hydrogens (primary N) is 1. The molecule has 6 nitrogen and oxygen atoms in total. The summed E-state index contributed by atoms with van der Waals surface area (Å²) < 4.78 is 0.917. The molecule has 0 spiro atoms. The number of anilines is 1. The molecule has 1 aliphatic heterocycles. The monoisotopic (exact) mass is 479 g/mol. The molecule has 0 aromatic heterocycles. The van der Waals surface area contributed by atoms with Crippen LogP contribution in [0, 0.1) is 35.5 Å². The Morgan fingerprint density at radius 2 is 1.93 bits per heavy atom. The predicted molar refractivity (Wildman–Crippen MR) is 123 cm³/mol. The second kappa shape index (κ2) is 9.62. The van der Waals surface area contributed by atoms with Crippen molar-refractivity contribution in [2.45, 2.75) is 12.8 Å². The number of aliphatic imine (C=N–C) groups is 1. The van der Waals surface area contributed by atoms with Gasteiger partial charge in [-0.15, -0.1) is 0 Å². The van der Waals surface area contributed by atoms with E-state index in [1.54, 1.807) is 12.1 Å². The first-order valence-electron chi connectivity index (χ1n) is 9.06. The number of allylic oxidation sites excluding steroid dienone is 1. The Hall–Kier alpha value is -3.07. The lowest BCUT2D eigenvalue weighted by molar-refractivity contribution is -0.113. The van der Waals surface area contributed by atoms with Gasteiger partial charge in [0.05, 0.1) is 23.5 Å². The number of hydrogen-bond donors (Lipinski definition) is 2. The van der Waals surface area contributed by atoms with E-state index in [1.165, 1.54) is 0 Å². The summed E-state index contributed by atoms with van der Waals surface area (Å²) in [5.74, 6) is -1.26. The molecule has 2 aromatic rings. The van der Waals surface area contributed by atoms with Gasteiger partial charge in [-0.05, 0) is 42.3 Å². The standard InChI is InChI=1S/C22H18BrN5OS/c1-13-4-2-3-5-16(13)20-17(10-24)21(26)28-22(18(20)11-25)30-12-19(29)27-15-8-6-14(23)7-9-15/h2-9,17,20H,12H2,1H3,(H2,26,28)(H,27,29)/t17?,20-/m1/s1. The molecule has 1 unspecified atom stereocenters. The van der Waals surface area contributed by atoms with Gasteiger partial charge in [0.15, 0.2) is 0 Å². The molecule has 150 valence electrons. The minimum Gasteiger partial charge on any atom is -0.386 e. The minimum atomic E-state index is -0.735. The molecule has 3 rings (SSSR count). The Morgan fingerprint density at radius 3 is 2.57 bits per heavy atom. The van der Waals surface area contributed by atoms with Crippen LogP contribution in [-0.2, 0) is 4.79 Å². The lowest BCUT2D eigenvalue weighted by Gasteiger charge is -2.28. The van der Waals surface area contributed by atoms with Crippen molar-refractivity contribution >= 4 is 45.1 Å². The molecule has 3 N–H and O–H groups in total. The van der Waals surface area contributed by atoms with E-state index in [1.807, 2.05) is 43.3 Å². The van der Waals surface area contributed by atoms with E-state index in [9.17, 15) is 15.3 Å². The summed E-state index contributed by atoms with van der Waals surface area (Å²) in [7, 11) is 0. The number of amidine groups is 1. The van der Waals surface area contributed by atoms with Gasteiger partial charge in [0, 0.05) is 16.1 Å². The molecule has 1 aliphatic rings. The fourth-order valence-electron chi connectivity index (χ4n) is 3.22. The maximum atomic E-state index is 12.4. The van der Waals surface area contributed by atoms with Crippen molar-refractivity contribution in [3.05, 3.63) is 74.7 Å². The van der Waals surface area contributed by atoms with Crippen LogP contribution in [0.1, 0.15) is 17.0 Å². The number of carbonyl (C=O) groups is 1. The van der Waals surface area contributed by atoms with E-state index < -0.39 is 11.8 Å². The van der Waals surface area contributed by atoms with E-state index in [0.29, 0.717) is 16.3 Å². The Labute approximate surface area is 187 Å². The highest BCUT2D eigenvalue weighted by Gasteiger charge is 2.36. The van der Waals surface area contributed by atoms with Gasteiger partial charge < -0.3 is 11.1 Å². The molecule has 2 atom stereocenters. The zero-order chi connectivity index (χ0) is 21.7. The zero-order valence-electron chi connectivity index (χ0n) is 16.1. The second-order valence-electron chi connectivity index (χ2n) is 6.65. The predicted octanol–water partition coefficient (Wildman–Crippen LogP) is 4.46. The summed E-state index contributed by atoms with van der Waals surface area (Å²) in [5.41, 5.74) is 8.93. The van der Waals surface area contributed by atoms with E-state index in [0.717, 1.165) is 27.4 Å². The van der Waals surface area contributed by atoms with Gasteiger partial charge in [-0.25, -0.2) is 4.99 Å². The fourth-order valence-corrected chi connectivity index (χ4v) is 4.32. The minimum absolute atomic E-state index is 0.0606. The smallest absolute Gasteiger partial charge is 0.234 e. The number of nitrogens with zero attached hydrogens (tertiary/aromatic N) is 3. The van der Waals surface area contributed by atoms with Crippen LogP contribution in [-0.4, -0.2) is 17.5 Å². The van der Waals surface area contributed by atoms with Crippen LogP contribution < -0.4 is 11.1 Å². The van der Waals surface area contributed by atoms with Gasteiger partial charge in [-0.2, -0.15) is 10.5 Å². The van der Waals surface area contributed by atoms with Crippen molar-refractivity contribution in [3.8, 4) is 12.1 Å². The van der Waals surface area contributed by atoms with E-state index >= 15 is 0 Å². The molecule has 0 saturated heterocycles. The zero-order valence-corrected chi connectivity index (χ0v) is 18.5. The first-order chi connectivity index (χ1) is 14.4. The maximum Gasteiger partial charge on any atom is 0.234 e. The van der Waals surface area contributed by atoms with Crippen molar-refractivity contribution in [1.82, 2.24) is 0 Å². The van der Waals surface area contributed by atoms with Gasteiger partial charge in [0.1, 0.15) is 16.8 Å². The molecule has 0 fully saturated rings. The molecular weight excluding hydrogens is 462 g/mol. The van der Waals surface area contributed by atoms with Crippen molar-refractivity contribution in [3.63, 3.8) is 0 Å². The number of thioether (sulfide) groups is 1. The largest absolute Gasteiger partial charge is 0.386 e. The summed E-state index contributed by atoms with van der Waals surface area (Å²) in [5, 5.41) is 22.7. The molecule has 8 heteroatoms. The highest BCUT2D eigenvalue weighted by molar-refractivity contribution is 9.10. The van der Waals surface area contributed by atoms with Crippen LogP contribution in [0.25, 0.3) is 0 Å². The van der Waals surface area contributed by atoms with Crippen LogP contribution >= 0.6 is 27.7 Å². The maximum absolute atomic E-state index is 12.4. The SMILES string of the molecule is Cc1ccccc1[C@H]1C(C#N)=C(SCC(=O)Nc2ccc(Br)cc2)N=C(N)C1C#N. The van der Waals surface area contributed by atoms with Crippen LogP contribution in [0.3, 0.4) is 0 Å². The third-order valence-electron chi connectivity index (χ3n) is 4.68. The van der Waals surface area contributed by atoms with Gasteiger partial charge in [-0.1, -0.05) is 52.0 Å². The number of rotatable bonds is 5. The Morgan fingerprint density at radius 1 is 1.23 bits per heavy atom. The molecule has 1 amide bonds. The number of amides is 1. The third-order valence-corrected chi connectivity index (χ3v) is 6.19. The number of benzene rings is 2. The number of halogens is 1. The summed E-state index contributed by atoms with van der Waals surface area (Å²) in [6, 6.07) is 19.2. The third kappa shape index (κ3) is 4.73. The Bertz CT molecular complexity index is 1110. The van der Waals surface area contributed by atoms with Crippen LogP contribution in [0.15, 0.2) is 68.6 Å². The Balaban J connectivity index is 1.85. The molecule has 30 heavy (non-hydrogen) atoms. The molecule has 1 heterocycles. The highest BCUT2D eigenvalue weighted by atomic mass is 79.9. The highest BCUT2D eigenvalue weighted by Crippen LogP contribution is 2.41. The van der Waals surface area contributed by atoms with E-state index in [4.69, 9.17) is 5.73 Å². The lowest BCUT2D eigenvalue weighted by Crippen LogP contribution is -2.32. The molecule has 0 saturated carbocycles. The number of carbonyl (C=O) groups excluding carboxylic acids is 1. The summed E-state index contributed by atoms with van der Waals surface area (Å²) >= 11 is 4.49. The normalized spacial score (nSPS) is 18.2. The number of nitriles is 2. The first kappa shape index (κ1) is 21.6. The van der Waals surface area contributed by atoms with Gasteiger partial charge in [-0.3, -0.25) is 4.79 Å². The Kier molecular flexibility index (Phi) is 6.94. The van der Waals surface area contributed by atoms with E-state index in [2.05, 4.69) is 38.4 Å². The molecule has 0 radical (unpaired) electrons. The quantitative estimate of drug-likeness (QED) is 0.656. The average Bonchev–Trinajstić information content (AvgIpc) is 2.74. The fraction of sp³-hybridized carbons (Fsp3) is 0.182. The van der Waals surface area contributed by atoms with Gasteiger partial charge in [0.25, 0.3) is 0 Å². The van der Waals surface area contributed by atoms with Crippen molar-refractivity contribution in [2.24, 2.45) is 16.6 Å². The molecule has 2 aromatic carbocycles. The molecule has 0 bridgehead atoms. The number of nitrogens with one attached hydrogen (secondary N) is 1. The molecular formula is C22H18BrN5OS. The van der Waals surface area contributed by atoms with Gasteiger partial charge >= 0.3 is 0 Å². The van der Waals surface area contributed by atoms with E-state index in [-0.39, 0.29) is 17.5 Å². The van der Waals surface area contributed by atoms with Crippen molar-refractivity contribution in [2.75, 3.05) is 11.1 Å². The van der Waals surface area contributed by atoms with Crippen LogP contribution in [0.5, 0.6) is 0 Å². The van der Waals surface area contributed by atoms with Crippen LogP contribution in [0.4, 0.5) is 5.69 Å². The number of hydrogen-bond acceptors (Lipinski definition) is 6. The van der Waals surface area contributed by atoms with Crippen LogP contribution in [0.2, 0.25) is 0 Å². The summed E-state index contributed by atoms with van der Waals surface area (Å²) in [6.07, 6.45) is 0. The summed E-state index contributed by atoms with van der Waals surface area (Å²) in [6.45, 7) is 1.93. The lowest BCUT2D eigenvalue weighted by atomic mass is 9.78.